The second-order valence-corrected chi connectivity index (χ2v) is 9.30. The second kappa shape index (κ2) is 10.5. The Bertz CT molecular complexity index is 1080. The van der Waals surface area contributed by atoms with Crippen LogP contribution in [0.2, 0.25) is 0 Å². The molecular formula is C28H35NO5. The van der Waals surface area contributed by atoms with Crippen LogP contribution in [-0.4, -0.2) is 49.8 Å². The molecule has 1 aliphatic heterocycles. The molecular weight excluding hydrogens is 430 g/mol. The van der Waals surface area contributed by atoms with E-state index in [0.29, 0.717) is 19.7 Å². The number of ether oxygens (including phenoxy) is 3. The third-order valence-corrected chi connectivity index (χ3v) is 7.01. The molecule has 34 heavy (non-hydrogen) atoms. The number of hydrogen-bond acceptors (Lipinski definition) is 5. The van der Waals surface area contributed by atoms with Gasteiger partial charge >= 0.3 is 5.97 Å². The molecule has 1 fully saturated rings. The number of carbonyl (C=O) groups is 1. The molecule has 1 N–H and O–H groups in total. The number of aryl methyl sites for hydroxylation is 2. The molecule has 0 radical (unpaired) electrons. The molecule has 1 aliphatic carbocycles. The van der Waals surface area contributed by atoms with Crippen LogP contribution < -0.4 is 14.2 Å². The van der Waals surface area contributed by atoms with Crippen molar-refractivity contribution < 1.29 is 24.1 Å². The van der Waals surface area contributed by atoms with Crippen molar-refractivity contribution in [3.63, 3.8) is 0 Å². The van der Waals surface area contributed by atoms with Crippen LogP contribution in [0, 0.1) is 5.92 Å². The summed E-state index contributed by atoms with van der Waals surface area (Å²) in [4.78, 5) is 13.3. The first kappa shape index (κ1) is 24.1. The zero-order valence-corrected chi connectivity index (χ0v) is 20.6. The normalized spacial score (nSPS) is 16.1. The second-order valence-electron chi connectivity index (χ2n) is 9.30. The van der Waals surface area contributed by atoms with Gasteiger partial charge < -0.3 is 19.3 Å². The molecule has 1 heterocycles. The van der Waals surface area contributed by atoms with E-state index in [0.717, 1.165) is 55.0 Å². The highest BCUT2D eigenvalue weighted by atomic mass is 16.5. The molecule has 6 nitrogen and oxygen atoms in total. The van der Waals surface area contributed by atoms with Crippen molar-refractivity contribution >= 4 is 11.5 Å². The van der Waals surface area contributed by atoms with Crippen molar-refractivity contribution in [2.75, 3.05) is 33.9 Å². The molecule has 0 amide bonds. The van der Waals surface area contributed by atoms with Gasteiger partial charge in [0.25, 0.3) is 0 Å². The number of likely N-dealkylation sites (tertiary alicyclic amines) is 1. The number of hydrogen-bond donors (Lipinski definition) is 1. The molecule has 2 aliphatic rings. The van der Waals surface area contributed by atoms with Gasteiger partial charge in [-0.15, -0.1) is 0 Å². The Morgan fingerprint density at radius 2 is 1.82 bits per heavy atom. The van der Waals surface area contributed by atoms with Crippen molar-refractivity contribution in [3.8, 4) is 17.2 Å². The van der Waals surface area contributed by atoms with Crippen LogP contribution in [0.5, 0.6) is 17.2 Å². The van der Waals surface area contributed by atoms with Gasteiger partial charge in [0.1, 0.15) is 12.4 Å². The standard InChI is InChI=1S/C28H35NO5/c1-5-6-19-7-8-22(25(11-19)32-3)17-34-27-12-20-9-10-21(14-29-15-23(16-29)28(30)31)18(2)24(20)13-26(27)33-4/h7-8,11-13,23H,5-6,9-10,14-17H2,1-4H3,(H,30,31). The molecule has 6 heteroatoms. The van der Waals surface area contributed by atoms with E-state index in [1.165, 1.54) is 27.8 Å². The fourth-order valence-electron chi connectivity index (χ4n) is 4.92. The van der Waals surface area contributed by atoms with Gasteiger partial charge in [0, 0.05) is 25.2 Å². The number of carboxylic acids is 1. The van der Waals surface area contributed by atoms with Crippen LogP contribution in [0.4, 0.5) is 0 Å². The fourth-order valence-corrected chi connectivity index (χ4v) is 4.92. The summed E-state index contributed by atoms with van der Waals surface area (Å²) >= 11 is 0. The maximum atomic E-state index is 11.1. The van der Waals surface area contributed by atoms with Crippen molar-refractivity contribution in [2.24, 2.45) is 5.92 Å². The van der Waals surface area contributed by atoms with Gasteiger partial charge in [-0.05, 0) is 66.6 Å². The van der Waals surface area contributed by atoms with E-state index in [1.807, 2.05) is 0 Å². The summed E-state index contributed by atoms with van der Waals surface area (Å²) < 4.78 is 17.5. The first-order valence-electron chi connectivity index (χ1n) is 12.1. The fraction of sp³-hybridized carbons (Fsp3) is 0.464. The predicted octanol–water partition coefficient (Wildman–Crippen LogP) is 4.97. The molecule has 0 saturated carbocycles. The van der Waals surface area contributed by atoms with Crippen LogP contribution >= 0.6 is 0 Å². The van der Waals surface area contributed by atoms with Crippen LogP contribution in [0.1, 0.15) is 48.9 Å². The molecule has 0 bridgehead atoms. The van der Waals surface area contributed by atoms with E-state index in [2.05, 4.69) is 49.1 Å². The van der Waals surface area contributed by atoms with E-state index >= 15 is 0 Å². The largest absolute Gasteiger partial charge is 0.496 e. The zero-order valence-electron chi connectivity index (χ0n) is 20.6. The summed E-state index contributed by atoms with van der Waals surface area (Å²) in [5, 5.41) is 9.13. The summed E-state index contributed by atoms with van der Waals surface area (Å²) in [6.07, 6.45) is 4.05. The van der Waals surface area contributed by atoms with Crippen LogP contribution in [0.3, 0.4) is 0 Å². The average Bonchev–Trinajstić information content (AvgIpc) is 2.80. The maximum absolute atomic E-state index is 11.1. The van der Waals surface area contributed by atoms with E-state index in [9.17, 15) is 4.79 Å². The lowest BCUT2D eigenvalue weighted by atomic mass is 9.85. The lowest BCUT2D eigenvalue weighted by Gasteiger charge is -2.38. The molecule has 2 aromatic rings. The summed E-state index contributed by atoms with van der Waals surface area (Å²) in [7, 11) is 3.37. The smallest absolute Gasteiger partial charge is 0.309 e. The van der Waals surface area contributed by atoms with Crippen molar-refractivity contribution in [1.82, 2.24) is 4.90 Å². The van der Waals surface area contributed by atoms with Gasteiger partial charge in [0.05, 0.1) is 20.1 Å². The first-order valence-corrected chi connectivity index (χ1v) is 12.1. The number of nitrogens with zero attached hydrogens (tertiary/aromatic N) is 1. The molecule has 182 valence electrons. The lowest BCUT2D eigenvalue weighted by molar-refractivity contribution is -0.147. The third-order valence-electron chi connectivity index (χ3n) is 7.01. The monoisotopic (exact) mass is 465 g/mol. The number of rotatable bonds is 10. The topological polar surface area (TPSA) is 68.2 Å². The number of allylic oxidation sites excluding steroid dienone is 1. The maximum Gasteiger partial charge on any atom is 0.309 e. The van der Waals surface area contributed by atoms with Gasteiger partial charge in [-0.25, -0.2) is 0 Å². The average molecular weight is 466 g/mol. The number of aliphatic carboxylic acids is 1. The molecule has 0 unspecified atom stereocenters. The van der Waals surface area contributed by atoms with Gasteiger partial charge in [0.15, 0.2) is 11.5 Å². The Morgan fingerprint density at radius 1 is 1.06 bits per heavy atom. The quantitative estimate of drug-likeness (QED) is 0.534. The summed E-state index contributed by atoms with van der Waals surface area (Å²) in [5.41, 5.74) is 7.37. The first-order chi connectivity index (χ1) is 16.4. The van der Waals surface area contributed by atoms with E-state index < -0.39 is 5.97 Å². The number of methoxy groups -OCH3 is 2. The van der Waals surface area contributed by atoms with Gasteiger partial charge in [-0.1, -0.05) is 31.1 Å². The highest BCUT2D eigenvalue weighted by molar-refractivity contribution is 5.75. The van der Waals surface area contributed by atoms with Crippen LogP contribution in [0.15, 0.2) is 35.9 Å². The molecule has 0 atom stereocenters. The van der Waals surface area contributed by atoms with E-state index in [-0.39, 0.29) is 5.92 Å². The predicted molar refractivity (Wildman–Crippen MR) is 133 cm³/mol. The van der Waals surface area contributed by atoms with Crippen molar-refractivity contribution in [2.45, 2.75) is 46.1 Å². The molecule has 1 saturated heterocycles. The Morgan fingerprint density at radius 3 is 2.50 bits per heavy atom. The van der Waals surface area contributed by atoms with Gasteiger partial charge in [-0.2, -0.15) is 0 Å². The number of carboxylic acid groups (broad SMARTS) is 1. The molecule has 0 aromatic heterocycles. The number of fused-ring (bicyclic) bond motifs is 1. The summed E-state index contributed by atoms with van der Waals surface area (Å²) in [5.74, 6) is 1.39. The van der Waals surface area contributed by atoms with Gasteiger partial charge in [0.2, 0.25) is 0 Å². The minimum absolute atomic E-state index is 0.224. The van der Waals surface area contributed by atoms with E-state index in [4.69, 9.17) is 19.3 Å². The molecule has 4 rings (SSSR count). The Balaban J connectivity index is 1.49. The Kier molecular flexibility index (Phi) is 7.47. The minimum atomic E-state index is -0.692. The van der Waals surface area contributed by atoms with Crippen molar-refractivity contribution in [3.05, 3.63) is 58.2 Å². The van der Waals surface area contributed by atoms with Gasteiger partial charge in [-0.3, -0.25) is 9.69 Å². The molecule has 2 aromatic carbocycles. The van der Waals surface area contributed by atoms with Crippen molar-refractivity contribution in [1.29, 1.82) is 0 Å². The minimum Gasteiger partial charge on any atom is -0.496 e. The third kappa shape index (κ3) is 5.07. The van der Waals surface area contributed by atoms with Crippen LogP contribution in [0.25, 0.3) is 5.57 Å². The SMILES string of the molecule is CCCc1ccc(COc2cc3c(cc2OC)C(C)=C(CN2CC(C(=O)O)C2)CC3)c(OC)c1. The highest BCUT2D eigenvalue weighted by Gasteiger charge is 2.33. The Hall–Kier alpha value is -2.99. The summed E-state index contributed by atoms with van der Waals surface area (Å²) in [6.45, 7) is 6.85. The Labute approximate surface area is 202 Å². The number of benzene rings is 2. The highest BCUT2D eigenvalue weighted by Crippen LogP contribution is 2.40. The summed E-state index contributed by atoms with van der Waals surface area (Å²) in [6, 6.07) is 10.5. The van der Waals surface area contributed by atoms with E-state index in [1.54, 1.807) is 14.2 Å². The zero-order chi connectivity index (χ0) is 24.2. The molecule has 0 spiro atoms. The van der Waals surface area contributed by atoms with Crippen LogP contribution in [-0.2, 0) is 24.2 Å². The lowest BCUT2D eigenvalue weighted by Crippen LogP contribution is -2.50.